The number of nitro groups is 1. The van der Waals surface area contributed by atoms with E-state index in [1.165, 1.54) is 12.1 Å². The molecule has 194 valence electrons. The fraction of sp³-hybridized carbons (Fsp3) is 0.194. The minimum atomic E-state index is -0.577. The van der Waals surface area contributed by atoms with Crippen LogP contribution in [0.2, 0.25) is 0 Å². The summed E-state index contributed by atoms with van der Waals surface area (Å²) >= 11 is 0. The summed E-state index contributed by atoms with van der Waals surface area (Å²) in [4.78, 5) is 34.6. The van der Waals surface area contributed by atoms with Crippen LogP contribution >= 0.6 is 0 Å². The Balaban J connectivity index is 1.76. The lowest BCUT2D eigenvalue weighted by Gasteiger charge is -2.32. The number of hydrogen-bond acceptors (Lipinski definition) is 7. The van der Waals surface area contributed by atoms with Gasteiger partial charge in [-0.15, -0.1) is 0 Å². The Labute approximate surface area is 224 Å². The zero-order valence-electron chi connectivity index (χ0n) is 22.0. The van der Waals surface area contributed by atoms with E-state index in [1.54, 1.807) is 19.1 Å². The van der Waals surface area contributed by atoms with Crippen molar-refractivity contribution in [3.63, 3.8) is 0 Å². The number of hydrogen-bond donors (Lipinski definition) is 1. The smallest absolute Gasteiger partial charge is 0.336 e. The molecule has 5 aromatic rings. The second-order valence-electron chi connectivity index (χ2n) is 9.85. The highest BCUT2D eigenvalue weighted by molar-refractivity contribution is 6.15. The number of aryl methyl sites for hydroxylation is 2. The molecule has 0 spiro atoms. The topological polar surface area (TPSA) is 107 Å². The molecule has 0 saturated carbocycles. The lowest BCUT2D eigenvalue weighted by molar-refractivity contribution is -0.384. The highest BCUT2D eigenvalue weighted by Crippen LogP contribution is 2.49. The number of carbonyl (C=O) groups is 1. The fourth-order valence-corrected chi connectivity index (χ4v) is 5.49. The largest absolute Gasteiger partial charge is 0.463 e. The van der Waals surface area contributed by atoms with Crippen LogP contribution in [0, 0.1) is 24.0 Å². The molecule has 1 aliphatic heterocycles. The number of ether oxygens (including phenoxy) is 1. The Hall–Kier alpha value is -4.85. The summed E-state index contributed by atoms with van der Waals surface area (Å²) < 4.78 is 5.50. The van der Waals surface area contributed by atoms with Gasteiger partial charge < -0.3 is 10.1 Å². The molecular weight excluding hydrogens is 492 g/mol. The molecule has 39 heavy (non-hydrogen) atoms. The molecule has 0 amide bonds. The van der Waals surface area contributed by atoms with Crippen LogP contribution in [0.15, 0.2) is 71.9 Å². The molecule has 1 aliphatic rings. The summed E-state index contributed by atoms with van der Waals surface area (Å²) in [6, 6.07) is 18.4. The van der Waals surface area contributed by atoms with E-state index in [-0.39, 0.29) is 12.3 Å². The molecule has 1 aromatic heterocycles. The van der Waals surface area contributed by atoms with E-state index in [1.807, 2.05) is 50.2 Å². The van der Waals surface area contributed by atoms with Crippen molar-refractivity contribution in [1.29, 1.82) is 0 Å². The van der Waals surface area contributed by atoms with Gasteiger partial charge in [0.1, 0.15) is 0 Å². The van der Waals surface area contributed by atoms with Gasteiger partial charge in [0.05, 0.1) is 44.9 Å². The molecule has 0 fully saturated rings. The second-order valence-corrected chi connectivity index (χ2v) is 9.85. The van der Waals surface area contributed by atoms with E-state index in [2.05, 4.69) is 12.2 Å². The molecule has 8 nitrogen and oxygen atoms in total. The number of esters is 1. The Morgan fingerprint density at radius 1 is 0.949 bits per heavy atom. The standard InChI is InChI=1S/C31H26N4O4/c1-5-39-31(36)25-18(4)32-28-21-8-6-7-9-22(21)29-30(34-24-15-17(3)16(2)14-23(24)33-29)27(28)26(25)19-10-12-20(13-11-19)35(37)38/h6-15,26,32H,5H2,1-4H3. The van der Waals surface area contributed by atoms with Crippen LogP contribution in [0.25, 0.3) is 32.8 Å². The monoisotopic (exact) mass is 518 g/mol. The average molecular weight is 519 g/mol. The minimum Gasteiger partial charge on any atom is -0.463 e. The van der Waals surface area contributed by atoms with Crippen molar-refractivity contribution < 1.29 is 14.5 Å². The number of nitro benzene ring substituents is 1. The fourth-order valence-electron chi connectivity index (χ4n) is 5.49. The van der Waals surface area contributed by atoms with Crippen molar-refractivity contribution >= 4 is 50.2 Å². The number of allylic oxidation sites excluding steroid dienone is 1. The number of non-ortho nitro benzene ring substituents is 1. The van der Waals surface area contributed by atoms with Crippen molar-refractivity contribution in [2.75, 3.05) is 11.9 Å². The number of nitrogens with one attached hydrogen (secondary N) is 1. The van der Waals surface area contributed by atoms with Gasteiger partial charge in [-0.1, -0.05) is 36.4 Å². The molecule has 1 unspecified atom stereocenters. The number of anilines is 1. The zero-order chi connectivity index (χ0) is 27.4. The molecular formula is C31H26N4O4. The normalized spacial score (nSPS) is 14.9. The van der Waals surface area contributed by atoms with E-state index in [0.29, 0.717) is 16.8 Å². The first-order chi connectivity index (χ1) is 18.8. The highest BCUT2D eigenvalue weighted by Gasteiger charge is 2.36. The summed E-state index contributed by atoms with van der Waals surface area (Å²) in [6.45, 7) is 7.94. The number of rotatable bonds is 4. The Bertz CT molecular complexity index is 1880. The number of aromatic nitrogens is 2. The number of nitrogens with zero attached hydrogens (tertiary/aromatic N) is 3. The molecule has 2 heterocycles. The molecule has 0 aliphatic carbocycles. The molecule has 0 saturated heterocycles. The Morgan fingerprint density at radius 2 is 1.56 bits per heavy atom. The summed E-state index contributed by atoms with van der Waals surface area (Å²) in [5, 5.41) is 16.8. The summed E-state index contributed by atoms with van der Waals surface area (Å²) in [7, 11) is 0. The lowest BCUT2D eigenvalue weighted by atomic mass is 9.78. The van der Waals surface area contributed by atoms with Crippen LogP contribution in [0.1, 0.15) is 42.0 Å². The maximum absolute atomic E-state index is 13.4. The molecule has 1 atom stereocenters. The summed E-state index contributed by atoms with van der Waals surface area (Å²) in [6.07, 6.45) is 0. The molecule has 8 heteroatoms. The maximum atomic E-state index is 13.4. The predicted molar refractivity (Wildman–Crippen MR) is 152 cm³/mol. The first-order valence-corrected chi connectivity index (χ1v) is 12.8. The van der Waals surface area contributed by atoms with Crippen molar-refractivity contribution in [3.05, 3.63) is 104 Å². The maximum Gasteiger partial charge on any atom is 0.336 e. The van der Waals surface area contributed by atoms with Gasteiger partial charge in [0.25, 0.3) is 5.69 Å². The predicted octanol–water partition coefficient (Wildman–Crippen LogP) is 6.86. The minimum absolute atomic E-state index is 0.0219. The molecule has 4 aromatic carbocycles. The van der Waals surface area contributed by atoms with Gasteiger partial charge in [-0.25, -0.2) is 14.8 Å². The van der Waals surface area contributed by atoms with Crippen LogP contribution in [-0.2, 0) is 9.53 Å². The van der Waals surface area contributed by atoms with Crippen LogP contribution < -0.4 is 5.32 Å². The van der Waals surface area contributed by atoms with Crippen molar-refractivity contribution in [2.24, 2.45) is 0 Å². The van der Waals surface area contributed by atoms with Crippen LogP contribution in [0.3, 0.4) is 0 Å². The first-order valence-electron chi connectivity index (χ1n) is 12.8. The Kier molecular flexibility index (Phi) is 5.75. The van der Waals surface area contributed by atoms with Crippen LogP contribution in [0.5, 0.6) is 0 Å². The van der Waals surface area contributed by atoms with Crippen LogP contribution in [0.4, 0.5) is 11.4 Å². The van der Waals surface area contributed by atoms with Gasteiger partial charge in [-0.05, 0) is 56.5 Å². The van der Waals surface area contributed by atoms with E-state index in [4.69, 9.17) is 14.7 Å². The quantitative estimate of drug-likeness (QED) is 0.0911. The highest BCUT2D eigenvalue weighted by atomic mass is 16.6. The molecule has 0 bridgehead atoms. The van der Waals surface area contributed by atoms with Gasteiger partial charge in [-0.3, -0.25) is 10.1 Å². The van der Waals surface area contributed by atoms with Crippen LogP contribution in [-0.4, -0.2) is 27.5 Å². The van der Waals surface area contributed by atoms with E-state index in [0.717, 1.165) is 55.3 Å². The van der Waals surface area contributed by atoms with Crippen molar-refractivity contribution in [1.82, 2.24) is 9.97 Å². The number of benzene rings is 4. The third kappa shape index (κ3) is 3.87. The Morgan fingerprint density at radius 3 is 2.18 bits per heavy atom. The lowest BCUT2D eigenvalue weighted by Crippen LogP contribution is -2.25. The SMILES string of the molecule is CCOC(=O)C1=C(C)Nc2c(c3nc4cc(C)c(C)cc4nc3c3ccccc23)C1c1ccc([N+](=O)[O-])cc1. The summed E-state index contributed by atoms with van der Waals surface area (Å²) in [5.41, 5.74) is 8.63. The van der Waals surface area contributed by atoms with E-state index in [9.17, 15) is 14.9 Å². The van der Waals surface area contributed by atoms with Gasteiger partial charge in [0.2, 0.25) is 0 Å². The van der Waals surface area contributed by atoms with Gasteiger partial charge >= 0.3 is 5.97 Å². The van der Waals surface area contributed by atoms with Crippen molar-refractivity contribution in [2.45, 2.75) is 33.6 Å². The molecule has 0 radical (unpaired) electrons. The van der Waals surface area contributed by atoms with Crippen molar-refractivity contribution in [3.8, 4) is 0 Å². The molecule has 1 N–H and O–H groups in total. The van der Waals surface area contributed by atoms with Gasteiger partial charge in [-0.2, -0.15) is 0 Å². The van der Waals surface area contributed by atoms with Gasteiger partial charge in [0.15, 0.2) is 0 Å². The number of carbonyl (C=O) groups excluding carboxylic acids is 1. The third-order valence-corrected chi connectivity index (χ3v) is 7.48. The zero-order valence-corrected chi connectivity index (χ0v) is 22.0. The average Bonchev–Trinajstić information content (AvgIpc) is 2.92. The summed E-state index contributed by atoms with van der Waals surface area (Å²) in [5.74, 6) is -1.02. The third-order valence-electron chi connectivity index (χ3n) is 7.48. The van der Waals surface area contributed by atoms with Gasteiger partial charge in [0, 0.05) is 40.1 Å². The van der Waals surface area contributed by atoms with E-state index >= 15 is 0 Å². The van der Waals surface area contributed by atoms with E-state index < -0.39 is 16.8 Å². The number of fused-ring (bicyclic) bond motifs is 7. The molecule has 6 rings (SSSR count). The second kappa shape index (κ2) is 9.16. The first kappa shape index (κ1) is 24.5.